The molecule has 0 radical (unpaired) electrons. The second kappa shape index (κ2) is 5.96. The number of rotatable bonds is 2. The molecule has 3 heteroatoms. The maximum Gasteiger partial charge on any atom is 0.338 e. The van der Waals surface area contributed by atoms with Gasteiger partial charge < -0.3 is 10.1 Å². The molecule has 108 valence electrons. The molecule has 1 aromatic carbocycles. The highest BCUT2D eigenvalue weighted by Gasteiger charge is 2.38. The van der Waals surface area contributed by atoms with E-state index in [1.54, 1.807) is 0 Å². The van der Waals surface area contributed by atoms with Crippen LogP contribution in [-0.2, 0) is 4.74 Å². The molecule has 0 spiro atoms. The highest BCUT2D eigenvalue weighted by atomic mass is 16.5. The van der Waals surface area contributed by atoms with E-state index in [-0.39, 0.29) is 12.1 Å². The van der Waals surface area contributed by atoms with Crippen molar-refractivity contribution in [3.05, 3.63) is 35.9 Å². The third-order valence-electron chi connectivity index (χ3n) is 4.70. The van der Waals surface area contributed by atoms with E-state index in [4.69, 9.17) is 4.74 Å². The van der Waals surface area contributed by atoms with Gasteiger partial charge in [-0.05, 0) is 51.2 Å². The number of esters is 1. The van der Waals surface area contributed by atoms with Gasteiger partial charge in [0.2, 0.25) is 0 Å². The summed E-state index contributed by atoms with van der Waals surface area (Å²) in [6.45, 7) is 2.25. The minimum atomic E-state index is -0.171. The Morgan fingerprint density at radius 2 is 1.95 bits per heavy atom. The fourth-order valence-corrected chi connectivity index (χ4v) is 3.64. The number of carbonyl (C=O) groups is 1. The Hall–Kier alpha value is -1.35. The molecule has 1 saturated carbocycles. The molecule has 1 aromatic rings. The van der Waals surface area contributed by atoms with Gasteiger partial charge in [-0.2, -0.15) is 0 Å². The molecular weight excluding hydrogens is 250 g/mol. The van der Waals surface area contributed by atoms with Crippen molar-refractivity contribution in [3.8, 4) is 0 Å². The quantitative estimate of drug-likeness (QED) is 0.841. The second-order valence-electron chi connectivity index (χ2n) is 6.16. The van der Waals surface area contributed by atoms with Crippen molar-refractivity contribution in [1.82, 2.24) is 5.32 Å². The average Bonchev–Trinajstić information content (AvgIpc) is 2.48. The average molecular weight is 273 g/mol. The molecule has 3 rings (SSSR count). The Labute approximate surface area is 120 Å². The fourth-order valence-electron chi connectivity index (χ4n) is 3.64. The lowest BCUT2D eigenvalue weighted by atomic mass is 9.76. The lowest BCUT2D eigenvalue weighted by Gasteiger charge is -2.43. The van der Waals surface area contributed by atoms with Crippen LogP contribution in [0.15, 0.2) is 30.3 Å². The molecule has 1 N–H and O–H groups in total. The van der Waals surface area contributed by atoms with Crippen LogP contribution in [0.1, 0.15) is 49.4 Å². The van der Waals surface area contributed by atoms with Gasteiger partial charge >= 0.3 is 5.97 Å². The van der Waals surface area contributed by atoms with E-state index in [1.165, 1.54) is 19.3 Å². The lowest BCUT2D eigenvalue weighted by Crippen LogP contribution is -2.53. The molecular formula is C17H23NO2. The molecule has 1 aliphatic carbocycles. The summed E-state index contributed by atoms with van der Waals surface area (Å²) in [6, 6.07) is 10.4. The zero-order valence-corrected chi connectivity index (χ0v) is 12.0. The van der Waals surface area contributed by atoms with Crippen molar-refractivity contribution < 1.29 is 9.53 Å². The monoisotopic (exact) mass is 273 g/mol. The number of hydrogen-bond donors (Lipinski definition) is 1. The van der Waals surface area contributed by atoms with Crippen LogP contribution in [0.3, 0.4) is 0 Å². The molecule has 3 nitrogen and oxygen atoms in total. The summed E-state index contributed by atoms with van der Waals surface area (Å²) in [4.78, 5) is 12.2. The van der Waals surface area contributed by atoms with Crippen LogP contribution >= 0.6 is 0 Å². The van der Waals surface area contributed by atoms with E-state index in [9.17, 15) is 4.79 Å². The minimum absolute atomic E-state index is 0.0847. The van der Waals surface area contributed by atoms with Crippen molar-refractivity contribution in [1.29, 1.82) is 0 Å². The Morgan fingerprint density at radius 3 is 2.75 bits per heavy atom. The Morgan fingerprint density at radius 1 is 1.15 bits per heavy atom. The number of fused-ring (bicyclic) bond motifs is 1. The Balaban J connectivity index is 1.66. The Bertz CT molecular complexity index is 459. The first-order valence-electron chi connectivity index (χ1n) is 7.76. The topological polar surface area (TPSA) is 38.3 Å². The van der Waals surface area contributed by atoms with Gasteiger partial charge in [-0.25, -0.2) is 4.79 Å². The fraction of sp³-hybridized carbons (Fsp3) is 0.588. The molecule has 2 aliphatic rings. The first-order chi connectivity index (χ1) is 9.74. The van der Waals surface area contributed by atoms with Gasteiger partial charge in [-0.1, -0.05) is 18.2 Å². The first-order valence-corrected chi connectivity index (χ1v) is 7.76. The molecule has 2 fully saturated rings. The van der Waals surface area contributed by atoms with E-state index < -0.39 is 0 Å². The van der Waals surface area contributed by atoms with Crippen LogP contribution in [0.5, 0.6) is 0 Å². The van der Waals surface area contributed by atoms with Gasteiger partial charge in [0.1, 0.15) is 6.10 Å². The summed E-state index contributed by atoms with van der Waals surface area (Å²) in [5, 5.41) is 3.67. The third kappa shape index (κ3) is 2.88. The van der Waals surface area contributed by atoms with Crippen LogP contribution in [0, 0.1) is 5.92 Å². The van der Waals surface area contributed by atoms with Gasteiger partial charge in [0.25, 0.3) is 0 Å². The molecule has 0 amide bonds. The summed E-state index contributed by atoms with van der Waals surface area (Å²) in [5.74, 6) is 0.322. The summed E-state index contributed by atoms with van der Waals surface area (Å²) in [6.07, 6.45) is 5.81. The second-order valence-corrected chi connectivity index (χ2v) is 6.16. The summed E-state index contributed by atoms with van der Waals surface area (Å²) < 4.78 is 5.80. The molecule has 1 aliphatic heterocycles. The van der Waals surface area contributed by atoms with Crippen LogP contribution in [0.4, 0.5) is 0 Å². The molecule has 1 saturated heterocycles. The molecule has 0 aromatic heterocycles. The number of piperidine rings is 1. The highest BCUT2D eigenvalue weighted by molar-refractivity contribution is 5.89. The van der Waals surface area contributed by atoms with Crippen molar-refractivity contribution in [2.75, 3.05) is 0 Å². The normalized spacial score (nSPS) is 33.2. The van der Waals surface area contributed by atoms with Crippen molar-refractivity contribution >= 4 is 5.97 Å². The number of ether oxygens (including phenoxy) is 1. The highest BCUT2D eigenvalue weighted by Crippen LogP contribution is 2.34. The van der Waals surface area contributed by atoms with E-state index in [0.717, 1.165) is 12.8 Å². The number of benzene rings is 1. The van der Waals surface area contributed by atoms with Crippen LogP contribution in [0.2, 0.25) is 0 Å². The van der Waals surface area contributed by atoms with E-state index in [2.05, 4.69) is 12.2 Å². The maximum atomic E-state index is 12.2. The van der Waals surface area contributed by atoms with Gasteiger partial charge in [-0.3, -0.25) is 0 Å². The van der Waals surface area contributed by atoms with Gasteiger partial charge in [0.15, 0.2) is 0 Å². The minimum Gasteiger partial charge on any atom is -0.458 e. The predicted octanol–water partition coefficient (Wildman–Crippen LogP) is 3.15. The molecule has 1 heterocycles. The van der Waals surface area contributed by atoms with Gasteiger partial charge in [-0.15, -0.1) is 0 Å². The molecule has 20 heavy (non-hydrogen) atoms. The lowest BCUT2D eigenvalue weighted by molar-refractivity contribution is -0.0176. The number of nitrogens with one attached hydrogen (secondary N) is 1. The van der Waals surface area contributed by atoms with Crippen molar-refractivity contribution in [2.24, 2.45) is 5.92 Å². The van der Waals surface area contributed by atoms with Crippen molar-refractivity contribution in [3.63, 3.8) is 0 Å². The maximum absolute atomic E-state index is 12.2. The summed E-state index contributed by atoms with van der Waals surface area (Å²) in [5.41, 5.74) is 0.659. The predicted molar refractivity (Wildman–Crippen MR) is 78.6 cm³/mol. The van der Waals surface area contributed by atoms with Gasteiger partial charge in [0, 0.05) is 18.0 Å². The van der Waals surface area contributed by atoms with Crippen LogP contribution in [-0.4, -0.2) is 24.2 Å². The summed E-state index contributed by atoms with van der Waals surface area (Å²) in [7, 11) is 0. The number of carbonyl (C=O) groups excluding carboxylic acids is 1. The largest absolute Gasteiger partial charge is 0.458 e. The van der Waals surface area contributed by atoms with E-state index >= 15 is 0 Å². The zero-order valence-electron chi connectivity index (χ0n) is 12.0. The zero-order chi connectivity index (χ0) is 13.9. The number of hydrogen-bond acceptors (Lipinski definition) is 3. The first kappa shape index (κ1) is 13.6. The third-order valence-corrected chi connectivity index (χ3v) is 4.70. The SMILES string of the molecule is C[C@@H]1CC[C@H]2C(CCCC2OC(=O)c2ccccc2)N1. The Kier molecular flexibility index (Phi) is 4.06. The van der Waals surface area contributed by atoms with E-state index in [1.807, 2.05) is 30.3 Å². The van der Waals surface area contributed by atoms with Crippen molar-refractivity contribution in [2.45, 2.75) is 57.2 Å². The summed E-state index contributed by atoms with van der Waals surface area (Å²) >= 11 is 0. The molecule has 4 atom stereocenters. The van der Waals surface area contributed by atoms with E-state index in [0.29, 0.717) is 23.6 Å². The van der Waals surface area contributed by atoms with Crippen LogP contribution in [0.25, 0.3) is 0 Å². The standard InChI is InChI=1S/C17H23NO2/c1-12-10-11-14-15(18-12)8-5-9-16(14)20-17(19)13-6-3-2-4-7-13/h2-4,6-7,12,14-16,18H,5,8-11H2,1H3/t12-,14+,15?,16?/m1/s1. The van der Waals surface area contributed by atoms with Crippen LogP contribution < -0.4 is 5.32 Å². The molecule has 2 unspecified atom stereocenters. The van der Waals surface area contributed by atoms with Gasteiger partial charge in [0.05, 0.1) is 5.56 Å². The smallest absolute Gasteiger partial charge is 0.338 e. The molecule has 0 bridgehead atoms.